The Morgan fingerprint density at radius 3 is 2.63 bits per heavy atom. The summed E-state index contributed by atoms with van der Waals surface area (Å²) in [5.41, 5.74) is 5.87. The van der Waals surface area contributed by atoms with Crippen molar-refractivity contribution in [2.45, 2.75) is 51.1 Å². The average Bonchev–Trinajstić information content (AvgIpc) is 3.40. The summed E-state index contributed by atoms with van der Waals surface area (Å²) in [6, 6.07) is 15.0. The van der Waals surface area contributed by atoms with Crippen LogP contribution in [0, 0.1) is 6.92 Å². The first kappa shape index (κ1) is 19.0. The van der Waals surface area contributed by atoms with E-state index in [0.717, 1.165) is 41.8 Å². The molecule has 1 aromatic heterocycles. The zero-order valence-corrected chi connectivity index (χ0v) is 17.7. The van der Waals surface area contributed by atoms with Crippen LogP contribution in [-0.2, 0) is 6.42 Å². The van der Waals surface area contributed by atoms with E-state index < -0.39 is 0 Å². The maximum Gasteiger partial charge on any atom is 0.318 e. The van der Waals surface area contributed by atoms with Crippen LogP contribution in [-0.4, -0.2) is 35.6 Å². The molecule has 3 aromatic rings. The maximum absolute atomic E-state index is 13.3. The highest BCUT2D eigenvalue weighted by molar-refractivity contribution is 5.87. The normalized spacial score (nSPS) is 19.1. The van der Waals surface area contributed by atoms with Crippen molar-refractivity contribution in [2.24, 2.45) is 0 Å². The Labute approximate surface area is 177 Å². The molecule has 0 saturated heterocycles. The first-order valence-electron chi connectivity index (χ1n) is 11.0. The molecule has 1 atom stereocenters. The number of nitrogens with one attached hydrogen (secondary N) is 2. The smallest absolute Gasteiger partial charge is 0.318 e. The van der Waals surface area contributed by atoms with E-state index in [9.17, 15) is 4.79 Å². The quantitative estimate of drug-likeness (QED) is 0.640. The standard InChI is InChI=1S/C25H29N3O2/c1-16-7-9-17(10-8-16)24-23-20(21-15-19(30-2)11-12-22(21)27-23)13-14-28(24)25(29)26-18-5-3-4-6-18/h7-12,15,18,24,27H,3-6,13-14H2,1-2H3,(H,26,29)/t24-/m1/s1. The number of hydrogen-bond donors (Lipinski definition) is 2. The minimum Gasteiger partial charge on any atom is -0.497 e. The molecule has 5 heteroatoms. The molecule has 5 rings (SSSR count). The fraction of sp³-hybridized carbons (Fsp3) is 0.400. The molecule has 1 aliphatic carbocycles. The summed E-state index contributed by atoms with van der Waals surface area (Å²) in [5.74, 6) is 0.859. The van der Waals surface area contributed by atoms with E-state index in [1.807, 2.05) is 11.0 Å². The number of aryl methyl sites for hydroxylation is 1. The van der Waals surface area contributed by atoms with Gasteiger partial charge in [-0.3, -0.25) is 0 Å². The van der Waals surface area contributed by atoms with E-state index in [1.165, 1.54) is 29.4 Å². The Morgan fingerprint density at radius 1 is 1.13 bits per heavy atom. The number of fused-ring (bicyclic) bond motifs is 3. The van der Waals surface area contributed by atoms with Gasteiger partial charge in [-0.05, 0) is 55.5 Å². The Morgan fingerprint density at radius 2 is 1.90 bits per heavy atom. The van der Waals surface area contributed by atoms with Crippen molar-refractivity contribution < 1.29 is 9.53 Å². The zero-order valence-electron chi connectivity index (χ0n) is 17.7. The fourth-order valence-electron chi connectivity index (χ4n) is 5.04. The van der Waals surface area contributed by atoms with Crippen LogP contribution in [0.1, 0.15) is 54.1 Å². The highest BCUT2D eigenvalue weighted by atomic mass is 16.5. The van der Waals surface area contributed by atoms with Crippen molar-refractivity contribution in [3.05, 3.63) is 64.8 Å². The predicted molar refractivity (Wildman–Crippen MR) is 119 cm³/mol. The van der Waals surface area contributed by atoms with E-state index >= 15 is 0 Å². The lowest BCUT2D eigenvalue weighted by Gasteiger charge is -2.37. The van der Waals surface area contributed by atoms with Crippen molar-refractivity contribution in [3.63, 3.8) is 0 Å². The molecule has 5 nitrogen and oxygen atoms in total. The largest absolute Gasteiger partial charge is 0.497 e. The SMILES string of the molecule is COc1ccc2[nH]c3c(c2c1)CCN(C(=O)NC1CCCC1)[C@@H]3c1ccc(C)cc1. The van der Waals surface area contributed by atoms with Crippen LogP contribution in [0.5, 0.6) is 5.75 Å². The number of rotatable bonds is 3. The number of carbonyl (C=O) groups is 1. The highest BCUT2D eigenvalue weighted by Crippen LogP contribution is 2.39. The van der Waals surface area contributed by atoms with E-state index in [-0.39, 0.29) is 12.1 Å². The minimum atomic E-state index is -0.117. The molecule has 0 spiro atoms. The summed E-state index contributed by atoms with van der Waals surface area (Å²) < 4.78 is 5.45. The lowest BCUT2D eigenvalue weighted by molar-refractivity contribution is 0.175. The summed E-state index contributed by atoms with van der Waals surface area (Å²) >= 11 is 0. The summed E-state index contributed by atoms with van der Waals surface area (Å²) in [4.78, 5) is 19.0. The van der Waals surface area contributed by atoms with E-state index in [0.29, 0.717) is 12.6 Å². The van der Waals surface area contributed by atoms with Crippen LogP contribution >= 0.6 is 0 Å². The molecule has 156 valence electrons. The molecule has 1 aliphatic heterocycles. The fourth-order valence-corrected chi connectivity index (χ4v) is 5.04. The van der Waals surface area contributed by atoms with Crippen molar-refractivity contribution in [1.82, 2.24) is 15.2 Å². The molecule has 2 N–H and O–H groups in total. The number of amides is 2. The number of urea groups is 1. The lowest BCUT2D eigenvalue weighted by Crippen LogP contribution is -2.48. The monoisotopic (exact) mass is 403 g/mol. The van der Waals surface area contributed by atoms with Gasteiger partial charge in [0.2, 0.25) is 0 Å². The number of aromatic nitrogens is 1. The predicted octanol–water partition coefficient (Wildman–Crippen LogP) is 5.08. The van der Waals surface area contributed by atoms with Crippen LogP contribution in [0.4, 0.5) is 4.79 Å². The second-order valence-corrected chi connectivity index (χ2v) is 8.62. The molecular formula is C25H29N3O2. The van der Waals surface area contributed by atoms with Crippen molar-refractivity contribution >= 4 is 16.9 Å². The average molecular weight is 404 g/mol. The number of aromatic amines is 1. The number of hydrogen-bond acceptors (Lipinski definition) is 2. The van der Waals surface area contributed by atoms with Gasteiger partial charge in [0, 0.05) is 29.2 Å². The molecular weight excluding hydrogens is 374 g/mol. The molecule has 1 fully saturated rings. The van der Waals surface area contributed by atoms with Gasteiger partial charge in [0.1, 0.15) is 5.75 Å². The van der Waals surface area contributed by atoms with Crippen LogP contribution < -0.4 is 10.1 Å². The molecule has 2 aliphatic rings. The van der Waals surface area contributed by atoms with Gasteiger partial charge in [0.25, 0.3) is 0 Å². The van der Waals surface area contributed by atoms with Crippen molar-refractivity contribution in [3.8, 4) is 5.75 Å². The van der Waals surface area contributed by atoms with Crippen LogP contribution in [0.3, 0.4) is 0 Å². The molecule has 0 bridgehead atoms. The van der Waals surface area contributed by atoms with Gasteiger partial charge in [0.15, 0.2) is 0 Å². The van der Waals surface area contributed by atoms with Gasteiger partial charge in [-0.1, -0.05) is 42.7 Å². The van der Waals surface area contributed by atoms with Gasteiger partial charge in [-0.25, -0.2) is 4.79 Å². The van der Waals surface area contributed by atoms with Crippen molar-refractivity contribution in [2.75, 3.05) is 13.7 Å². The Kier molecular flexibility index (Phi) is 4.89. The van der Waals surface area contributed by atoms with Gasteiger partial charge >= 0.3 is 6.03 Å². The number of benzene rings is 2. The number of methoxy groups -OCH3 is 1. The second kappa shape index (κ2) is 7.71. The van der Waals surface area contributed by atoms with Gasteiger partial charge in [0.05, 0.1) is 13.2 Å². The number of H-pyrrole nitrogens is 1. The highest BCUT2D eigenvalue weighted by Gasteiger charge is 2.35. The van der Waals surface area contributed by atoms with E-state index in [4.69, 9.17) is 4.74 Å². The van der Waals surface area contributed by atoms with Crippen LogP contribution in [0.2, 0.25) is 0 Å². The molecule has 0 radical (unpaired) electrons. The van der Waals surface area contributed by atoms with Gasteiger partial charge in [-0.2, -0.15) is 0 Å². The van der Waals surface area contributed by atoms with Gasteiger partial charge in [-0.15, -0.1) is 0 Å². The topological polar surface area (TPSA) is 57.4 Å². The van der Waals surface area contributed by atoms with Crippen LogP contribution in [0.25, 0.3) is 10.9 Å². The van der Waals surface area contributed by atoms with Crippen LogP contribution in [0.15, 0.2) is 42.5 Å². The molecule has 30 heavy (non-hydrogen) atoms. The first-order valence-corrected chi connectivity index (χ1v) is 11.0. The van der Waals surface area contributed by atoms with Crippen molar-refractivity contribution in [1.29, 1.82) is 0 Å². The van der Waals surface area contributed by atoms with E-state index in [2.05, 4.69) is 53.6 Å². The third-order valence-electron chi connectivity index (χ3n) is 6.67. The summed E-state index contributed by atoms with van der Waals surface area (Å²) in [5, 5.41) is 4.49. The molecule has 0 unspecified atom stereocenters. The molecule has 2 heterocycles. The number of nitrogens with zero attached hydrogens (tertiary/aromatic N) is 1. The summed E-state index contributed by atoms with van der Waals surface area (Å²) in [6.07, 6.45) is 5.43. The van der Waals surface area contributed by atoms with Gasteiger partial charge < -0.3 is 19.9 Å². The number of ether oxygens (including phenoxy) is 1. The molecule has 2 aromatic carbocycles. The van der Waals surface area contributed by atoms with E-state index in [1.54, 1.807) is 7.11 Å². The minimum absolute atomic E-state index is 0.0503. The Hall–Kier alpha value is -2.95. The third-order valence-corrected chi connectivity index (χ3v) is 6.67. The zero-order chi connectivity index (χ0) is 20.7. The Balaban J connectivity index is 1.57. The summed E-state index contributed by atoms with van der Waals surface area (Å²) in [7, 11) is 1.70. The lowest BCUT2D eigenvalue weighted by atomic mass is 9.92. The second-order valence-electron chi connectivity index (χ2n) is 8.62. The maximum atomic E-state index is 13.3. The molecule has 2 amide bonds. The number of carbonyl (C=O) groups excluding carboxylic acids is 1. The third kappa shape index (κ3) is 3.32. The molecule has 1 saturated carbocycles. The summed E-state index contributed by atoms with van der Waals surface area (Å²) in [6.45, 7) is 2.80. The Bertz CT molecular complexity index is 1060. The first-order chi connectivity index (χ1) is 14.6.